The number of hydrogen-bond acceptors (Lipinski definition) is 5. The molecule has 0 unspecified atom stereocenters. The van der Waals surface area contributed by atoms with Crippen LogP contribution in [0.2, 0.25) is 0 Å². The molecule has 0 atom stereocenters. The molecule has 6 heteroatoms. The van der Waals surface area contributed by atoms with E-state index in [1.54, 1.807) is 0 Å². The van der Waals surface area contributed by atoms with Crippen LogP contribution in [0.5, 0.6) is 0 Å². The number of hydrogen-bond donors (Lipinski definition) is 5. The van der Waals surface area contributed by atoms with E-state index in [0.717, 1.165) is 12.8 Å². The molecule has 0 rings (SSSR count). The Bertz CT molecular complexity index is 47.8. The molecule has 5 nitrogen and oxygen atoms in total. The third-order valence-corrected chi connectivity index (χ3v) is 0.566. The van der Waals surface area contributed by atoms with Crippen LogP contribution in [0.25, 0.3) is 0 Å². The monoisotopic (exact) mass is 171 g/mol. The Balaban J connectivity index is 0. The summed E-state index contributed by atoms with van der Waals surface area (Å²) in [5.41, 5.74) is 4.29. The highest BCUT2D eigenvalue weighted by Gasteiger charge is 1.77. The average Bonchev–Trinajstić information content (AvgIpc) is 1.82. The molecule has 0 bridgehead atoms. The Morgan fingerprint density at radius 1 is 1.00 bits per heavy atom. The van der Waals surface area contributed by atoms with Gasteiger partial charge in [-0.2, -0.15) is 0 Å². The molecule has 0 aliphatic heterocycles. The summed E-state index contributed by atoms with van der Waals surface area (Å²) >= 11 is 0. The van der Waals surface area contributed by atoms with Crippen LogP contribution in [-0.4, -0.2) is 33.2 Å². The first kappa shape index (κ1) is 12.9. The van der Waals surface area contributed by atoms with Crippen LogP contribution >= 0.6 is 8.53 Å². The smallest absolute Gasteiger partial charge is 0.247 e. The lowest BCUT2D eigenvalue weighted by atomic mass is 10.3. The minimum atomic E-state index is -2.12. The highest BCUT2D eigenvalue weighted by molar-refractivity contribution is 7.42. The topological polar surface area (TPSA) is 107 Å². The maximum atomic E-state index is 8.09. The van der Waals surface area contributed by atoms with E-state index >= 15 is 0 Å². The summed E-state index contributed by atoms with van der Waals surface area (Å²) in [6.45, 7) is 0.390. The first-order valence-electron chi connectivity index (χ1n) is 2.79. The highest BCUT2D eigenvalue weighted by Crippen LogP contribution is 2.05. The Morgan fingerprint density at radius 2 is 1.20 bits per heavy atom. The second-order valence-corrected chi connectivity index (χ2v) is 2.12. The van der Waals surface area contributed by atoms with E-state index in [2.05, 4.69) is 5.50 Å². The van der Waals surface area contributed by atoms with Crippen molar-refractivity contribution < 1.29 is 20.0 Å². The minimum absolute atomic E-state index is 0.195. The molecule has 0 saturated heterocycles. The first-order chi connectivity index (χ1) is 4.65. The first-order valence-corrected chi connectivity index (χ1v) is 4.11. The largest absolute Gasteiger partial charge is 0.396 e. The highest BCUT2D eigenvalue weighted by atomic mass is 31.2. The van der Waals surface area contributed by atoms with Gasteiger partial charge in [0.1, 0.15) is 0 Å². The summed E-state index contributed by atoms with van der Waals surface area (Å²) in [6, 6.07) is 0. The number of rotatable bonds is 3. The van der Waals surface area contributed by atoms with E-state index in [9.17, 15) is 0 Å². The van der Waals surface area contributed by atoms with Crippen molar-refractivity contribution in [1.29, 1.82) is 0 Å². The second kappa shape index (κ2) is 12.0. The predicted molar refractivity (Wildman–Crippen MR) is 39.0 cm³/mol. The maximum absolute atomic E-state index is 8.09. The fourth-order valence-corrected chi connectivity index (χ4v) is 0.224. The molecule has 64 valence electrons. The molecule has 0 aromatic rings. The molecule has 0 aromatic carbocycles. The standard InChI is InChI=1S/C4H10O2.H4NO2P/c5-3-1-2-4-6;1-4(2)3/h5-6H,1-4H2;2-3H,1H2. The van der Waals surface area contributed by atoms with Crippen LogP contribution in [0.1, 0.15) is 12.8 Å². The molecule has 0 fully saturated rings. The van der Waals surface area contributed by atoms with Gasteiger partial charge >= 0.3 is 0 Å². The van der Waals surface area contributed by atoms with Gasteiger partial charge in [0.05, 0.1) is 0 Å². The summed E-state index contributed by atoms with van der Waals surface area (Å²) in [5, 5.41) is 16.2. The van der Waals surface area contributed by atoms with Crippen molar-refractivity contribution in [3.8, 4) is 0 Å². The SMILES string of the molecule is NP(O)O.OCCCCO. The number of nitrogens with two attached hydrogens (primary N) is 1. The maximum Gasteiger partial charge on any atom is 0.247 e. The van der Waals surface area contributed by atoms with Crippen molar-refractivity contribution in [1.82, 2.24) is 0 Å². The Labute approximate surface area is 61.1 Å². The van der Waals surface area contributed by atoms with Crippen molar-refractivity contribution >= 4 is 8.53 Å². The van der Waals surface area contributed by atoms with Crippen molar-refractivity contribution in [2.75, 3.05) is 13.2 Å². The van der Waals surface area contributed by atoms with Gasteiger partial charge in [-0.15, -0.1) is 0 Å². The second-order valence-electron chi connectivity index (χ2n) is 1.47. The van der Waals surface area contributed by atoms with Gasteiger partial charge in [-0.3, -0.25) is 5.50 Å². The van der Waals surface area contributed by atoms with E-state index in [4.69, 9.17) is 20.0 Å². The molecular formula is C4H14NO4P. The van der Waals surface area contributed by atoms with E-state index in [1.165, 1.54) is 0 Å². The van der Waals surface area contributed by atoms with Gasteiger partial charge in [0.25, 0.3) is 0 Å². The molecule has 0 spiro atoms. The van der Waals surface area contributed by atoms with E-state index in [0.29, 0.717) is 0 Å². The predicted octanol–water partition coefficient (Wildman–Crippen LogP) is -1.09. The molecule has 0 amide bonds. The number of aliphatic hydroxyl groups excluding tert-OH is 2. The molecule has 0 heterocycles. The Morgan fingerprint density at radius 3 is 1.30 bits per heavy atom. The summed E-state index contributed by atoms with van der Waals surface area (Å²) in [7, 11) is -2.12. The normalized spacial score (nSPS) is 9.00. The quantitative estimate of drug-likeness (QED) is 0.274. The number of unbranched alkanes of at least 4 members (excludes halogenated alkanes) is 1. The van der Waals surface area contributed by atoms with Gasteiger partial charge in [0.15, 0.2) is 0 Å². The number of aliphatic hydroxyl groups is 2. The van der Waals surface area contributed by atoms with E-state index in [-0.39, 0.29) is 13.2 Å². The van der Waals surface area contributed by atoms with Crippen molar-refractivity contribution in [3.05, 3.63) is 0 Å². The van der Waals surface area contributed by atoms with Crippen molar-refractivity contribution in [2.24, 2.45) is 5.50 Å². The molecule has 0 aliphatic rings. The fourth-order valence-electron chi connectivity index (χ4n) is 0.224. The van der Waals surface area contributed by atoms with E-state index in [1.807, 2.05) is 0 Å². The van der Waals surface area contributed by atoms with Crippen LogP contribution in [0, 0.1) is 0 Å². The zero-order valence-corrected chi connectivity index (χ0v) is 6.54. The summed E-state index contributed by atoms with van der Waals surface area (Å²) < 4.78 is 0. The zero-order chi connectivity index (χ0) is 8.41. The minimum Gasteiger partial charge on any atom is -0.396 e. The van der Waals surface area contributed by atoms with Crippen LogP contribution < -0.4 is 5.50 Å². The third-order valence-electron chi connectivity index (χ3n) is 0.566. The molecule has 6 N–H and O–H groups in total. The van der Waals surface area contributed by atoms with Gasteiger partial charge < -0.3 is 20.0 Å². The summed E-state index contributed by atoms with van der Waals surface area (Å²) in [6.07, 6.45) is 1.44. The molecule has 0 aliphatic carbocycles. The summed E-state index contributed by atoms with van der Waals surface area (Å²) in [5.74, 6) is 0. The lowest BCUT2D eigenvalue weighted by molar-refractivity contribution is 0.242. The average molecular weight is 171 g/mol. The van der Waals surface area contributed by atoms with Crippen LogP contribution in [-0.2, 0) is 0 Å². The van der Waals surface area contributed by atoms with Crippen LogP contribution in [0.4, 0.5) is 0 Å². The zero-order valence-electron chi connectivity index (χ0n) is 5.64. The van der Waals surface area contributed by atoms with Crippen molar-refractivity contribution in [3.63, 3.8) is 0 Å². The van der Waals surface area contributed by atoms with Gasteiger partial charge in [-0.25, -0.2) is 0 Å². The van der Waals surface area contributed by atoms with Gasteiger partial charge in [-0.1, -0.05) is 0 Å². The fraction of sp³-hybridized carbons (Fsp3) is 1.00. The molecule has 0 radical (unpaired) electrons. The third kappa shape index (κ3) is 41.2. The molecular weight excluding hydrogens is 157 g/mol. The lowest BCUT2D eigenvalue weighted by Gasteiger charge is -1.85. The van der Waals surface area contributed by atoms with Gasteiger partial charge in [0, 0.05) is 13.2 Å². The summed E-state index contributed by atoms with van der Waals surface area (Å²) in [4.78, 5) is 14.9. The van der Waals surface area contributed by atoms with Gasteiger partial charge in [0.2, 0.25) is 8.53 Å². The van der Waals surface area contributed by atoms with Crippen LogP contribution in [0.15, 0.2) is 0 Å². The van der Waals surface area contributed by atoms with Crippen LogP contribution in [0.3, 0.4) is 0 Å². The lowest BCUT2D eigenvalue weighted by Crippen LogP contribution is -1.85. The van der Waals surface area contributed by atoms with Crippen molar-refractivity contribution in [2.45, 2.75) is 12.8 Å². The van der Waals surface area contributed by atoms with E-state index < -0.39 is 8.53 Å². The molecule has 0 aromatic heterocycles. The Hall–Kier alpha value is 0.230. The Kier molecular flexibility index (Phi) is 15.4. The van der Waals surface area contributed by atoms with Gasteiger partial charge in [-0.05, 0) is 12.8 Å². The molecule has 10 heavy (non-hydrogen) atoms. The molecule has 0 saturated carbocycles.